The fourth-order valence-electron chi connectivity index (χ4n) is 5.45. The number of hydrogen-bond acceptors (Lipinski definition) is 2. The van der Waals surface area contributed by atoms with Crippen molar-refractivity contribution in [3.8, 4) is 0 Å². The molecule has 0 spiro atoms. The van der Waals surface area contributed by atoms with Gasteiger partial charge in [-0.3, -0.25) is 4.90 Å². The highest BCUT2D eigenvalue weighted by Crippen LogP contribution is 2.67. The van der Waals surface area contributed by atoms with Crippen molar-refractivity contribution in [1.82, 2.24) is 10.2 Å². The van der Waals surface area contributed by atoms with E-state index < -0.39 is 0 Å². The summed E-state index contributed by atoms with van der Waals surface area (Å²) in [6.45, 7) is 8.55. The molecule has 5 unspecified atom stereocenters. The summed E-state index contributed by atoms with van der Waals surface area (Å²) in [6, 6.07) is 1.80. The lowest BCUT2D eigenvalue weighted by atomic mass is 9.97. The van der Waals surface area contributed by atoms with E-state index in [0.717, 1.165) is 41.7 Å². The van der Waals surface area contributed by atoms with Gasteiger partial charge in [-0.1, -0.05) is 13.8 Å². The molecule has 0 amide bonds. The molecule has 4 fully saturated rings. The maximum Gasteiger partial charge on any atom is 0.0247 e. The number of piperazine rings is 1. The molecule has 96 valence electrons. The number of nitrogens with zero attached hydrogens (tertiary/aromatic N) is 1. The van der Waals surface area contributed by atoms with Crippen LogP contribution in [0.2, 0.25) is 0 Å². The summed E-state index contributed by atoms with van der Waals surface area (Å²) in [5.74, 6) is 5.29. The van der Waals surface area contributed by atoms with Crippen LogP contribution >= 0.6 is 0 Å². The van der Waals surface area contributed by atoms with Gasteiger partial charge in [0.05, 0.1) is 0 Å². The van der Waals surface area contributed by atoms with Gasteiger partial charge in [-0.25, -0.2) is 0 Å². The van der Waals surface area contributed by atoms with Crippen molar-refractivity contribution in [3.05, 3.63) is 0 Å². The molecule has 17 heavy (non-hydrogen) atoms. The van der Waals surface area contributed by atoms with Crippen molar-refractivity contribution in [1.29, 1.82) is 0 Å². The topological polar surface area (TPSA) is 15.3 Å². The maximum atomic E-state index is 3.59. The minimum absolute atomic E-state index is 0.804. The molecule has 2 heteroatoms. The maximum absolute atomic E-state index is 3.59. The van der Waals surface area contributed by atoms with Crippen LogP contribution in [0.3, 0.4) is 0 Å². The smallest absolute Gasteiger partial charge is 0.0247 e. The minimum atomic E-state index is 0.804. The summed E-state index contributed by atoms with van der Waals surface area (Å²) in [6.07, 6.45) is 4.70. The van der Waals surface area contributed by atoms with Crippen molar-refractivity contribution in [2.75, 3.05) is 19.6 Å². The van der Waals surface area contributed by atoms with Crippen LogP contribution in [0, 0.1) is 29.6 Å². The van der Waals surface area contributed by atoms with Crippen molar-refractivity contribution < 1.29 is 0 Å². The van der Waals surface area contributed by atoms with Gasteiger partial charge in [0, 0.05) is 31.7 Å². The Morgan fingerprint density at radius 3 is 2.47 bits per heavy atom. The van der Waals surface area contributed by atoms with E-state index in [9.17, 15) is 0 Å². The Bertz CT molecular complexity index is 298. The predicted molar refractivity (Wildman–Crippen MR) is 69.8 cm³/mol. The molecule has 2 nitrogen and oxygen atoms in total. The molecule has 0 aromatic carbocycles. The van der Waals surface area contributed by atoms with Gasteiger partial charge in [0.1, 0.15) is 0 Å². The zero-order chi connectivity index (χ0) is 11.6. The Kier molecular flexibility index (Phi) is 2.36. The first kappa shape index (κ1) is 10.8. The Morgan fingerprint density at radius 1 is 1.12 bits per heavy atom. The fourth-order valence-corrected chi connectivity index (χ4v) is 5.45. The van der Waals surface area contributed by atoms with Crippen LogP contribution < -0.4 is 5.32 Å². The van der Waals surface area contributed by atoms with Gasteiger partial charge in [-0.05, 0) is 48.9 Å². The Morgan fingerprint density at radius 2 is 1.82 bits per heavy atom. The minimum Gasteiger partial charge on any atom is -0.314 e. The monoisotopic (exact) mass is 234 g/mol. The molecule has 3 aliphatic carbocycles. The zero-order valence-corrected chi connectivity index (χ0v) is 11.2. The van der Waals surface area contributed by atoms with Crippen LogP contribution in [0.4, 0.5) is 0 Å². The molecular weight excluding hydrogens is 208 g/mol. The summed E-state index contributed by atoms with van der Waals surface area (Å²) >= 11 is 0. The normalized spacial score (nSPS) is 53.1. The highest BCUT2D eigenvalue weighted by Gasteiger charge is 2.67. The van der Waals surface area contributed by atoms with Crippen molar-refractivity contribution in [2.24, 2.45) is 29.6 Å². The average Bonchev–Trinajstić information content (AvgIpc) is 2.77. The predicted octanol–water partition coefficient (Wildman–Crippen LogP) is 1.96. The van der Waals surface area contributed by atoms with E-state index in [-0.39, 0.29) is 0 Å². The average molecular weight is 234 g/mol. The van der Waals surface area contributed by atoms with Gasteiger partial charge in [-0.2, -0.15) is 0 Å². The number of fused-ring (bicyclic) bond motifs is 5. The summed E-state index contributed by atoms with van der Waals surface area (Å²) in [7, 11) is 0. The highest BCUT2D eigenvalue weighted by atomic mass is 15.3. The third-order valence-corrected chi connectivity index (χ3v) is 6.17. The van der Waals surface area contributed by atoms with Crippen LogP contribution in [0.5, 0.6) is 0 Å². The van der Waals surface area contributed by atoms with Crippen molar-refractivity contribution in [3.63, 3.8) is 0 Å². The fraction of sp³-hybridized carbons (Fsp3) is 1.00. The largest absolute Gasteiger partial charge is 0.314 e. The van der Waals surface area contributed by atoms with Crippen LogP contribution in [0.25, 0.3) is 0 Å². The Labute approximate surface area is 105 Å². The van der Waals surface area contributed by atoms with Gasteiger partial charge < -0.3 is 5.32 Å². The molecule has 0 radical (unpaired) electrons. The number of rotatable bonds is 2. The van der Waals surface area contributed by atoms with E-state index in [0.29, 0.717) is 0 Å². The third-order valence-electron chi connectivity index (χ3n) is 6.17. The second kappa shape index (κ2) is 3.71. The molecule has 1 saturated heterocycles. The summed E-state index contributed by atoms with van der Waals surface area (Å²) < 4.78 is 0. The first-order valence-electron chi connectivity index (χ1n) is 7.74. The van der Waals surface area contributed by atoms with Crippen LogP contribution in [0.15, 0.2) is 0 Å². The second-order valence-corrected chi connectivity index (χ2v) is 7.23. The first-order chi connectivity index (χ1) is 8.27. The summed E-state index contributed by atoms with van der Waals surface area (Å²) in [5.41, 5.74) is 0. The summed E-state index contributed by atoms with van der Waals surface area (Å²) in [5, 5.41) is 3.59. The van der Waals surface area contributed by atoms with Gasteiger partial charge >= 0.3 is 0 Å². The number of nitrogens with one attached hydrogen (secondary N) is 1. The molecule has 5 atom stereocenters. The molecule has 3 saturated carbocycles. The van der Waals surface area contributed by atoms with E-state index in [1.54, 1.807) is 19.3 Å². The molecule has 1 aliphatic heterocycles. The molecule has 1 N–H and O–H groups in total. The van der Waals surface area contributed by atoms with Crippen LogP contribution in [-0.2, 0) is 0 Å². The standard InChI is InChI=1S/C15H26N2/c1-9(2)12-8-16-5-6-17(12)15-13-10-3-4-11(7-10)14(13)15/h9-16H,3-8H2,1-2H3. The van der Waals surface area contributed by atoms with E-state index in [2.05, 4.69) is 24.1 Å². The molecule has 4 rings (SSSR count). The lowest BCUT2D eigenvalue weighted by molar-refractivity contribution is 0.0961. The van der Waals surface area contributed by atoms with Crippen LogP contribution in [0.1, 0.15) is 33.1 Å². The SMILES string of the molecule is CC(C)C1CNCCN1C1C2C3CCC(C3)C21. The second-order valence-electron chi connectivity index (χ2n) is 7.23. The van der Waals surface area contributed by atoms with E-state index in [4.69, 9.17) is 0 Å². The van der Waals surface area contributed by atoms with Gasteiger partial charge in [0.2, 0.25) is 0 Å². The molecule has 0 aromatic rings. The van der Waals surface area contributed by atoms with Crippen molar-refractivity contribution in [2.45, 2.75) is 45.2 Å². The number of hydrogen-bond donors (Lipinski definition) is 1. The Hall–Kier alpha value is -0.0800. The van der Waals surface area contributed by atoms with Gasteiger partial charge in [-0.15, -0.1) is 0 Å². The molecule has 4 aliphatic rings. The van der Waals surface area contributed by atoms with E-state index in [1.165, 1.54) is 19.6 Å². The van der Waals surface area contributed by atoms with Crippen LogP contribution in [-0.4, -0.2) is 36.6 Å². The van der Waals surface area contributed by atoms with Gasteiger partial charge in [0.25, 0.3) is 0 Å². The molecule has 1 heterocycles. The lowest BCUT2D eigenvalue weighted by Gasteiger charge is -2.40. The zero-order valence-electron chi connectivity index (χ0n) is 11.2. The Balaban J connectivity index is 1.52. The quantitative estimate of drug-likeness (QED) is 0.786. The van der Waals surface area contributed by atoms with E-state index in [1.807, 2.05) is 0 Å². The molecule has 2 bridgehead atoms. The first-order valence-corrected chi connectivity index (χ1v) is 7.74. The highest BCUT2D eigenvalue weighted by molar-refractivity contribution is 5.18. The van der Waals surface area contributed by atoms with E-state index >= 15 is 0 Å². The third kappa shape index (κ3) is 1.46. The van der Waals surface area contributed by atoms with Gasteiger partial charge in [0.15, 0.2) is 0 Å². The summed E-state index contributed by atoms with van der Waals surface area (Å²) in [4.78, 5) is 2.90. The lowest BCUT2D eigenvalue weighted by Crippen LogP contribution is -2.55. The molecular formula is C15H26N2. The molecule has 0 aromatic heterocycles. The van der Waals surface area contributed by atoms with Crippen molar-refractivity contribution >= 4 is 0 Å².